The van der Waals surface area contributed by atoms with Crippen molar-refractivity contribution in [2.45, 2.75) is 38.2 Å². The number of nitrogens with one attached hydrogen (secondary N) is 1. The molecule has 2 aliphatic rings. The Morgan fingerprint density at radius 2 is 2.08 bits per heavy atom. The number of nitrogens with zero attached hydrogens (tertiary/aromatic N) is 3. The summed E-state index contributed by atoms with van der Waals surface area (Å²) in [7, 11) is 0. The number of benzene rings is 1. The minimum atomic E-state index is -0.0640. The quantitative estimate of drug-likeness (QED) is 0.926. The molecule has 0 bridgehead atoms. The molecule has 3 heterocycles. The summed E-state index contributed by atoms with van der Waals surface area (Å²) in [6.07, 6.45) is 7.51. The van der Waals surface area contributed by atoms with Crippen LogP contribution in [0.2, 0.25) is 0 Å². The molecule has 2 saturated heterocycles. The van der Waals surface area contributed by atoms with E-state index in [0.29, 0.717) is 12.1 Å². The predicted octanol–water partition coefficient (Wildman–Crippen LogP) is 2.53. The summed E-state index contributed by atoms with van der Waals surface area (Å²) in [6, 6.07) is 5.66. The highest BCUT2D eigenvalue weighted by Gasteiger charge is 2.19. The standard InChI is InChI=1S/C19H24N4O2/c24-19(20-12-15-5-4-10-25-15)14-6-7-17-16(11-14)18(22-13-21-17)23-8-2-1-3-9-23/h6-7,11,13,15H,1-5,8-10,12H2,(H,20,24). The molecule has 1 aromatic heterocycles. The summed E-state index contributed by atoms with van der Waals surface area (Å²) in [5.74, 6) is 0.879. The Hall–Kier alpha value is -2.21. The Morgan fingerprint density at radius 1 is 1.20 bits per heavy atom. The first-order valence-electron chi connectivity index (χ1n) is 9.21. The summed E-state index contributed by atoms with van der Waals surface area (Å²) >= 11 is 0. The van der Waals surface area contributed by atoms with Gasteiger partial charge in [0, 0.05) is 37.2 Å². The lowest BCUT2D eigenvalue weighted by molar-refractivity contribution is 0.0858. The van der Waals surface area contributed by atoms with Crippen LogP contribution in [0, 0.1) is 0 Å². The molecule has 1 amide bonds. The molecule has 2 fully saturated rings. The average molecular weight is 340 g/mol. The van der Waals surface area contributed by atoms with Crippen LogP contribution in [-0.2, 0) is 4.74 Å². The van der Waals surface area contributed by atoms with E-state index in [-0.39, 0.29) is 12.0 Å². The summed E-state index contributed by atoms with van der Waals surface area (Å²) < 4.78 is 5.57. The Kier molecular flexibility index (Phi) is 4.78. The van der Waals surface area contributed by atoms with Gasteiger partial charge in [0.15, 0.2) is 0 Å². The van der Waals surface area contributed by atoms with Crippen molar-refractivity contribution in [3.05, 3.63) is 30.1 Å². The molecule has 6 nitrogen and oxygen atoms in total. The maximum absolute atomic E-state index is 12.5. The third-order valence-electron chi connectivity index (χ3n) is 5.05. The molecule has 0 spiro atoms. The molecule has 2 aliphatic heterocycles. The molecule has 6 heteroatoms. The molecule has 25 heavy (non-hydrogen) atoms. The van der Waals surface area contributed by atoms with Crippen molar-refractivity contribution in [1.29, 1.82) is 0 Å². The summed E-state index contributed by atoms with van der Waals surface area (Å²) in [5.41, 5.74) is 1.53. The van der Waals surface area contributed by atoms with Crippen LogP contribution >= 0.6 is 0 Å². The maximum atomic E-state index is 12.5. The van der Waals surface area contributed by atoms with Gasteiger partial charge in [0.1, 0.15) is 12.1 Å². The number of hydrogen-bond acceptors (Lipinski definition) is 5. The average Bonchev–Trinajstić information content (AvgIpc) is 3.19. The second-order valence-electron chi connectivity index (χ2n) is 6.82. The number of carbonyl (C=O) groups excluding carboxylic acids is 1. The molecule has 4 rings (SSSR count). The van der Waals surface area contributed by atoms with Crippen molar-refractivity contribution in [3.8, 4) is 0 Å². The minimum Gasteiger partial charge on any atom is -0.376 e. The van der Waals surface area contributed by atoms with Gasteiger partial charge in [0.2, 0.25) is 0 Å². The fourth-order valence-corrected chi connectivity index (χ4v) is 3.66. The second-order valence-corrected chi connectivity index (χ2v) is 6.82. The lowest BCUT2D eigenvalue weighted by Crippen LogP contribution is -2.32. The van der Waals surface area contributed by atoms with E-state index < -0.39 is 0 Å². The van der Waals surface area contributed by atoms with Crippen molar-refractivity contribution in [2.24, 2.45) is 0 Å². The van der Waals surface area contributed by atoms with E-state index in [1.807, 2.05) is 18.2 Å². The fourth-order valence-electron chi connectivity index (χ4n) is 3.66. The van der Waals surface area contributed by atoms with Crippen LogP contribution in [0.3, 0.4) is 0 Å². The summed E-state index contributed by atoms with van der Waals surface area (Å²) in [6.45, 7) is 3.40. The molecule has 1 N–H and O–H groups in total. The number of anilines is 1. The van der Waals surface area contributed by atoms with Crippen molar-refractivity contribution < 1.29 is 9.53 Å². The normalized spacial score (nSPS) is 20.8. The van der Waals surface area contributed by atoms with Gasteiger partial charge in [-0.3, -0.25) is 4.79 Å². The van der Waals surface area contributed by atoms with E-state index in [1.165, 1.54) is 19.3 Å². The topological polar surface area (TPSA) is 67.3 Å². The molecular weight excluding hydrogens is 316 g/mol. The van der Waals surface area contributed by atoms with Gasteiger partial charge in [-0.1, -0.05) is 0 Å². The Labute approximate surface area is 147 Å². The van der Waals surface area contributed by atoms with Crippen LogP contribution in [0.5, 0.6) is 0 Å². The molecule has 0 aliphatic carbocycles. The molecule has 1 unspecified atom stereocenters. The SMILES string of the molecule is O=C(NCC1CCCO1)c1ccc2ncnc(N3CCCCC3)c2c1. The molecule has 0 radical (unpaired) electrons. The first kappa shape index (κ1) is 16.3. The Morgan fingerprint density at radius 3 is 2.88 bits per heavy atom. The molecular formula is C19H24N4O2. The number of hydrogen-bond donors (Lipinski definition) is 1. The predicted molar refractivity (Wildman–Crippen MR) is 96.9 cm³/mol. The summed E-state index contributed by atoms with van der Waals surface area (Å²) in [4.78, 5) is 23.7. The highest BCUT2D eigenvalue weighted by molar-refractivity contribution is 6.00. The molecule has 1 atom stereocenters. The van der Waals surface area contributed by atoms with Crippen LogP contribution in [0.4, 0.5) is 5.82 Å². The number of ether oxygens (including phenoxy) is 1. The zero-order valence-corrected chi connectivity index (χ0v) is 14.4. The zero-order chi connectivity index (χ0) is 17.1. The summed E-state index contributed by atoms with van der Waals surface area (Å²) in [5, 5.41) is 3.94. The van der Waals surface area contributed by atoms with Crippen molar-refractivity contribution >= 4 is 22.6 Å². The first-order chi connectivity index (χ1) is 12.3. The Bertz CT molecular complexity index is 752. The maximum Gasteiger partial charge on any atom is 0.251 e. The van der Waals surface area contributed by atoms with E-state index in [4.69, 9.17) is 4.74 Å². The zero-order valence-electron chi connectivity index (χ0n) is 14.4. The number of fused-ring (bicyclic) bond motifs is 1. The van der Waals surface area contributed by atoms with Crippen molar-refractivity contribution in [1.82, 2.24) is 15.3 Å². The van der Waals surface area contributed by atoms with E-state index in [2.05, 4.69) is 20.2 Å². The van der Waals surface area contributed by atoms with Crippen LogP contribution in [0.25, 0.3) is 10.9 Å². The van der Waals surface area contributed by atoms with E-state index in [9.17, 15) is 4.79 Å². The third-order valence-corrected chi connectivity index (χ3v) is 5.05. The van der Waals surface area contributed by atoms with Crippen molar-refractivity contribution in [2.75, 3.05) is 31.1 Å². The van der Waals surface area contributed by atoms with Gasteiger partial charge < -0.3 is 15.0 Å². The second kappa shape index (κ2) is 7.35. The highest BCUT2D eigenvalue weighted by Crippen LogP contribution is 2.26. The van der Waals surface area contributed by atoms with Gasteiger partial charge in [0.25, 0.3) is 5.91 Å². The van der Waals surface area contributed by atoms with E-state index >= 15 is 0 Å². The van der Waals surface area contributed by atoms with Crippen molar-refractivity contribution in [3.63, 3.8) is 0 Å². The number of rotatable bonds is 4. The lowest BCUT2D eigenvalue weighted by atomic mass is 10.1. The lowest BCUT2D eigenvalue weighted by Gasteiger charge is -2.28. The van der Waals surface area contributed by atoms with E-state index in [1.54, 1.807) is 6.33 Å². The Balaban J connectivity index is 1.56. The van der Waals surface area contributed by atoms with Crippen LogP contribution in [-0.4, -0.2) is 48.2 Å². The molecule has 1 aromatic carbocycles. The largest absolute Gasteiger partial charge is 0.376 e. The van der Waals surface area contributed by atoms with E-state index in [0.717, 1.165) is 49.3 Å². The number of carbonyl (C=O) groups is 1. The smallest absolute Gasteiger partial charge is 0.251 e. The van der Waals surface area contributed by atoms with Gasteiger partial charge >= 0.3 is 0 Å². The van der Waals surface area contributed by atoms with Gasteiger partial charge in [-0.15, -0.1) is 0 Å². The minimum absolute atomic E-state index is 0.0640. The molecule has 132 valence electrons. The monoisotopic (exact) mass is 340 g/mol. The number of amides is 1. The van der Waals surface area contributed by atoms with Crippen LogP contribution in [0.1, 0.15) is 42.5 Å². The van der Waals surface area contributed by atoms with Gasteiger partial charge in [-0.05, 0) is 50.3 Å². The van der Waals surface area contributed by atoms with Crippen LogP contribution in [0.15, 0.2) is 24.5 Å². The van der Waals surface area contributed by atoms with Gasteiger partial charge in [-0.2, -0.15) is 0 Å². The number of piperidine rings is 1. The number of aromatic nitrogens is 2. The fraction of sp³-hybridized carbons (Fsp3) is 0.526. The molecule has 2 aromatic rings. The van der Waals surface area contributed by atoms with Gasteiger partial charge in [-0.25, -0.2) is 9.97 Å². The first-order valence-corrected chi connectivity index (χ1v) is 9.21. The highest BCUT2D eigenvalue weighted by atomic mass is 16.5. The van der Waals surface area contributed by atoms with Crippen LogP contribution < -0.4 is 10.2 Å². The van der Waals surface area contributed by atoms with Gasteiger partial charge in [0.05, 0.1) is 11.6 Å². The molecule has 0 saturated carbocycles. The third kappa shape index (κ3) is 3.58.